The van der Waals surface area contributed by atoms with Crippen molar-refractivity contribution in [3.05, 3.63) is 33.8 Å². The molecule has 5 heteroatoms. The number of nitrogens with one attached hydrogen (secondary N) is 1. The standard InChI is InChI=1S/C14H20BrF2NO/c1-3-8-18-10(9-19-2)4-5-11-13(16)7-6-12(15)14(11)17/h6-7,10,18H,3-5,8-9H2,1-2H3. The average Bonchev–Trinajstić information content (AvgIpc) is 2.40. The van der Waals surface area contributed by atoms with Crippen LogP contribution in [0.1, 0.15) is 25.3 Å². The van der Waals surface area contributed by atoms with Crippen molar-refractivity contribution in [3.8, 4) is 0 Å². The lowest BCUT2D eigenvalue weighted by Gasteiger charge is -2.18. The van der Waals surface area contributed by atoms with Gasteiger partial charge in [0.1, 0.15) is 11.6 Å². The number of rotatable bonds is 8. The molecule has 0 radical (unpaired) electrons. The maximum absolute atomic E-state index is 13.8. The highest BCUT2D eigenvalue weighted by Crippen LogP contribution is 2.23. The van der Waals surface area contributed by atoms with E-state index in [-0.39, 0.29) is 11.6 Å². The zero-order valence-electron chi connectivity index (χ0n) is 11.3. The van der Waals surface area contributed by atoms with E-state index in [1.807, 2.05) is 0 Å². The van der Waals surface area contributed by atoms with Crippen molar-refractivity contribution in [1.29, 1.82) is 0 Å². The minimum atomic E-state index is -0.508. The summed E-state index contributed by atoms with van der Waals surface area (Å²) in [7, 11) is 1.63. The number of hydrogen-bond acceptors (Lipinski definition) is 2. The topological polar surface area (TPSA) is 21.3 Å². The normalized spacial score (nSPS) is 12.7. The van der Waals surface area contributed by atoms with Crippen LogP contribution in [0.25, 0.3) is 0 Å². The maximum atomic E-state index is 13.8. The van der Waals surface area contributed by atoms with Gasteiger partial charge in [-0.1, -0.05) is 6.92 Å². The molecule has 0 amide bonds. The van der Waals surface area contributed by atoms with Gasteiger partial charge < -0.3 is 10.1 Å². The quantitative estimate of drug-likeness (QED) is 0.732. The first-order chi connectivity index (χ1) is 9.10. The lowest BCUT2D eigenvalue weighted by molar-refractivity contribution is 0.162. The minimum absolute atomic E-state index is 0.114. The first kappa shape index (κ1) is 16.5. The molecule has 0 heterocycles. The molecule has 1 aromatic rings. The van der Waals surface area contributed by atoms with E-state index in [1.165, 1.54) is 12.1 Å². The van der Waals surface area contributed by atoms with Gasteiger partial charge in [-0.2, -0.15) is 0 Å². The average molecular weight is 336 g/mol. The fourth-order valence-corrected chi connectivity index (χ4v) is 2.28. The Labute approximate surface area is 121 Å². The van der Waals surface area contributed by atoms with Crippen molar-refractivity contribution in [2.45, 2.75) is 32.2 Å². The van der Waals surface area contributed by atoms with E-state index >= 15 is 0 Å². The molecule has 0 saturated heterocycles. The molecule has 0 spiro atoms. The van der Waals surface area contributed by atoms with Crippen LogP contribution >= 0.6 is 15.9 Å². The van der Waals surface area contributed by atoms with Crippen LogP contribution in [0.3, 0.4) is 0 Å². The predicted octanol–water partition coefficient (Wildman–Crippen LogP) is 3.67. The van der Waals surface area contributed by atoms with Crippen molar-refractivity contribution in [2.24, 2.45) is 0 Å². The zero-order chi connectivity index (χ0) is 14.3. The first-order valence-electron chi connectivity index (χ1n) is 6.44. The van der Waals surface area contributed by atoms with Crippen molar-refractivity contribution in [1.82, 2.24) is 5.32 Å². The van der Waals surface area contributed by atoms with Crippen LogP contribution < -0.4 is 5.32 Å². The van der Waals surface area contributed by atoms with E-state index in [1.54, 1.807) is 7.11 Å². The Kier molecular flexibility index (Phi) is 7.49. The Bertz CT molecular complexity index is 401. The molecular weight excluding hydrogens is 316 g/mol. The van der Waals surface area contributed by atoms with Crippen molar-refractivity contribution in [2.75, 3.05) is 20.3 Å². The van der Waals surface area contributed by atoms with Crippen LogP contribution in [0.5, 0.6) is 0 Å². The third-order valence-electron chi connectivity index (χ3n) is 2.93. The SMILES string of the molecule is CCCNC(CCc1c(F)ccc(Br)c1F)COC. The van der Waals surface area contributed by atoms with Crippen LogP contribution in [0.2, 0.25) is 0 Å². The van der Waals surface area contributed by atoms with Gasteiger partial charge in [-0.15, -0.1) is 0 Å². The Morgan fingerprint density at radius 2 is 2.11 bits per heavy atom. The molecular formula is C14H20BrF2NO. The number of hydrogen-bond donors (Lipinski definition) is 1. The monoisotopic (exact) mass is 335 g/mol. The molecule has 0 bridgehead atoms. The van der Waals surface area contributed by atoms with Crippen LogP contribution in [-0.4, -0.2) is 26.3 Å². The molecule has 1 aromatic carbocycles. The first-order valence-corrected chi connectivity index (χ1v) is 7.24. The van der Waals surface area contributed by atoms with E-state index in [0.29, 0.717) is 23.9 Å². The van der Waals surface area contributed by atoms with Crippen molar-refractivity contribution >= 4 is 15.9 Å². The van der Waals surface area contributed by atoms with Crippen LogP contribution in [-0.2, 0) is 11.2 Å². The van der Waals surface area contributed by atoms with E-state index in [9.17, 15) is 8.78 Å². The molecule has 0 fully saturated rings. The second-order valence-electron chi connectivity index (χ2n) is 4.47. The molecule has 1 unspecified atom stereocenters. The molecule has 2 nitrogen and oxygen atoms in total. The molecule has 108 valence electrons. The highest BCUT2D eigenvalue weighted by molar-refractivity contribution is 9.10. The number of ether oxygens (including phenoxy) is 1. The van der Waals surface area contributed by atoms with E-state index in [4.69, 9.17) is 4.74 Å². The summed E-state index contributed by atoms with van der Waals surface area (Å²) in [5.41, 5.74) is 0.133. The number of benzene rings is 1. The van der Waals surface area contributed by atoms with Crippen molar-refractivity contribution < 1.29 is 13.5 Å². The molecule has 0 saturated carbocycles. The second-order valence-corrected chi connectivity index (χ2v) is 5.32. The Morgan fingerprint density at radius 3 is 2.74 bits per heavy atom. The summed E-state index contributed by atoms with van der Waals surface area (Å²) >= 11 is 3.08. The highest BCUT2D eigenvalue weighted by Gasteiger charge is 2.15. The molecule has 0 aliphatic rings. The van der Waals surface area contributed by atoms with E-state index in [0.717, 1.165) is 13.0 Å². The van der Waals surface area contributed by atoms with Gasteiger partial charge in [-0.3, -0.25) is 0 Å². The summed E-state index contributed by atoms with van der Waals surface area (Å²) in [5, 5.41) is 3.31. The van der Waals surface area contributed by atoms with Gasteiger partial charge in [0.05, 0.1) is 11.1 Å². The van der Waals surface area contributed by atoms with E-state index in [2.05, 4.69) is 28.2 Å². The summed E-state index contributed by atoms with van der Waals surface area (Å²) in [6, 6.07) is 2.78. The smallest absolute Gasteiger partial charge is 0.143 e. The van der Waals surface area contributed by atoms with Gasteiger partial charge in [-0.05, 0) is 53.9 Å². The lowest BCUT2D eigenvalue weighted by atomic mass is 10.0. The summed E-state index contributed by atoms with van der Waals surface area (Å²) in [4.78, 5) is 0. The fraction of sp³-hybridized carbons (Fsp3) is 0.571. The third-order valence-corrected chi connectivity index (χ3v) is 3.55. The second kappa shape index (κ2) is 8.61. The van der Waals surface area contributed by atoms with Gasteiger partial charge >= 0.3 is 0 Å². The zero-order valence-corrected chi connectivity index (χ0v) is 12.9. The number of methoxy groups -OCH3 is 1. The number of halogens is 3. The summed E-state index contributed by atoms with van der Waals surface area (Å²) in [6.07, 6.45) is 2.00. The van der Waals surface area contributed by atoms with Gasteiger partial charge in [0.2, 0.25) is 0 Å². The van der Waals surface area contributed by atoms with Crippen molar-refractivity contribution in [3.63, 3.8) is 0 Å². The molecule has 1 rings (SSSR count). The Balaban J connectivity index is 2.65. The van der Waals surface area contributed by atoms with Gasteiger partial charge in [-0.25, -0.2) is 8.78 Å². The minimum Gasteiger partial charge on any atom is -0.383 e. The van der Waals surface area contributed by atoms with E-state index < -0.39 is 11.6 Å². The summed E-state index contributed by atoms with van der Waals surface area (Å²) in [5.74, 6) is -1.00. The molecule has 0 aliphatic carbocycles. The summed E-state index contributed by atoms with van der Waals surface area (Å²) in [6.45, 7) is 3.49. The fourth-order valence-electron chi connectivity index (χ4n) is 1.91. The summed E-state index contributed by atoms with van der Waals surface area (Å²) < 4.78 is 32.8. The van der Waals surface area contributed by atoms with Gasteiger partial charge in [0.25, 0.3) is 0 Å². The molecule has 1 N–H and O–H groups in total. The molecule has 0 aromatic heterocycles. The molecule has 1 atom stereocenters. The third kappa shape index (κ3) is 5.16. The van der Waals surface area contributed by atoms with Crippen LogP contribution in [0.4, 0.5) is 8.78 Å². The van der Waals surface area contributed by atoms with Crippen LogP contribution in [0, 0.1) is 11.6 Å². The Morgan fingerprint density at radius 1 is 1.37 bits per heavy atom. The van der Waals surface area contributed by atoms with Gasteiger partial charge in [0, 0.05) is 18.7 Å². The highest BCUT2D eigenvalue weighted by atomic mass is 79.9. The molecule has 0 aliphatic heterocycles. The molecule has 19 heavy (non-hydrogen) atoms. The van der Waals surface area contributed by atoms with Crippen LogP contribution in [0.15, 0.2) is 16.6 Å². The largest absolute Gasteiger partial charge is 0.383 e. The lowest BCUT2D eigenvalue weighted by Crippen LogP contribution is -2.34. The van der Waals surface area contributed by atoms with Gasteiger partial charge in [0.15, 0.2) is 0 Å². The maximum Gasteiger partial charge on any atom is 0.143 e. The predicted molar refractivity (Wildman–Crippen MR) is 76.3 cm³/mol. The Hall–Kier alpha value is -0.520.